The lowest BCUT2D eigenvalue weighted by atomic mass is 9.94. The first-order chi connectivity index (χ1) is 37.7. The van der Waals surface area contributed by atoms with E-state index in [-0.39, 0.29) is 0 Å². The van der Waals surface area contributed by atoms with Gasteiger partial charge in [-0.15, -0.1) is 0 Å². The smallest absolute Gasteiger partial charge is 0.179 e. The highest BCUT2D eigenvalue weighted by Crippen LogP contribution is 2.39. The molecule has 0 N–H and O–H groups in total. The predicted molar refractivity (Wildman–Crippen MR) is 322 cm³/mol. The summed E-state index contributed by atoms with van der Waals surface area (Å²) in [5.74, 6) is 0. The van der Waals surface area contributed by atoms with E-state index in [0.717, 1.165) is 66.8 Å². The van der Waals surface area contributed by atoms with Gasteiger partial charge >= 0.3 is 0 Å². The van der Waals surface area contributed by atoms with Crippen LogP contribution >= 0.6 is 0 Å². The topological polar surface area (TPSA) is 51.6 Å². The molecule has 0 fully saturated rings. The third-order valence-electron chi connectivity index (χ3n) is 15.1. The van der Waals surface area contributed by atoms with Gasteiger partial charge in [-0.1, -0.05) is 255 Å². The Bertz CT molecular complexity index is 3670. The first kappa shape index (κ1) is 46.3. The summed E-state index contributed by atoms with van der Waals surface area (Å²) < 4.78 is 0. The van der Waals surface area contributed by atoms with Crippen LogP contribution < -0.4 is 41.5 Å². The van der Waals surface area contributed by atoms with Gasteiger partial charge < -0.3 is 0 Å². The van der Waals surface area contributed by atoms with Crippen LogP contribution in [0.5, 0.6) is 0 Å². The van der Waals surface area contributed by atoms with E-state index in [1.165, 1.54) is 41.5 Å². The number of rotatable bonds is 12. The molecule has 4 heterocycles. The Morgan fingerprint density at radius 3 is 0.803 bits per heavy atom. The molecule has 13 rings (SSSR count). The maximum Gasteiger partial charge on any atom is 0.179 e. The van der Waals surface area contributed by atoms with Gasteiger partial charge in [0.1, 0.15) is 0 Å². The second kappa shape index (κ2) is 20.1. The second-order valence-corrected chi connectivity index (χ2v) is 26.9. The van der Waals surface area contributed by atoms with Crippen molar-refractivity contribution >= 4 is 79.4 Å². The fraction of sp³-hybridized carbons (Fsp3) is 0. The normalized spacial score (nSPS) is 11.7. The number of benzene rings is 9. The van der Waals surface area contributed by atoms with E-state index in [1.807, 2.05) is 48.8 Å². The standard InChI is InChI=1S/C70H50N4Si2/c1-7-27-53(28-8-1)75(54-29-9-2-10-30-54,55-31-11-3-12-32-55)59-39-23-25-51(47-59)63-49-67(65-41-19-21-45-71-65)73-69-61(63)43-44-62-64(50-68(74-70(62)69)66-42-20-22-46-72-66)52-26-24-40-60(48-52)76(56-33-13-4-14-34-56,57-35-15-5-16-36-57)58-37-17-6-18-38-58/h1-50H. The molecule has 9 aromatic carbocycles. The van der Waals surface area contributed by atoms with Gasteiger partial charge in [0, 0.05) is 23.2 Å². The van der Waals surface area contributed by atoms with Crippen LogP contribution in [0.2, 0.25) is 0 Å². The van der Waals surface area contributed by atoms with E-state index in [9.17, 15) is 0 Å². The van der Waals surface area contributed by atoms with Crippen LogP contribution in [0.4, 0.5) is 0 Å². The quantitative estimate of drug-likeness (QED) is 0.0695. The molecule has 0 spiro atoms. The average Bonchev–Trinajstić information content (AvgIpc) is 3.54. The molecule has 0 aliphatic rings. The van der Waals surface area contributed by atoms with Crippen molar-refractivity contribution in [2.75, 3.05) is 0 Å². The van der Waals surface area contributed by atoms with E-state index in [4.69, 9.17) is 19.9 Å². The molecule has 0 aliphatic carbocycles. The Labute approximate surface area is 445 Å². The SMILES string of the molecule is c1ccc([Si](c2ccccc2)(c2ccccc2)c2cccc(-c3cc(-c4ccccn4)nc4c3ccc3c(-c5cccc([Si](c6ccccc6)(c6ccccc6)c6ccccc6)c5)cc(-c5ccccn5)nc34)c2)cc1. The highest BCUT2D eigenvalue weighted by atomic mass is 28.3. The van der Waals surface area contributed by atoms with Crippen molar-refractivity contribution in [1.82, 2.24) is 19.9 Å². The van der Waals surface area contributed by atoms with Crippen molar-refractivity contribution in [2.24, 2.45) is 0 Å². The maximum absolute atomic E-state index is 5.59. The first-order valence-electron chi connectivity index (χ1n) is 25.9. The Balaban J connectivity index is 1.08. The van der Waals surface area contributed by atoms with E-state index in [0.29, 0.717) is 0 Å². The summed E-state index contributed by atoms with van der Waals surface area (Å²) in [7, 11) is -5.74. The minimum absolute atomic E-state index is 0.775. The highest BCUT2D eigenvalue weighted by molar-refractivity contribution is 7.20. The maximum atomic E-state index is 5.59. The summed E-state index contributed by atoms with van der Waals surface area (Å²) >= 11 is 0. The molecule has 0 amide bonds. The number of fused-ring (bicyclic) bond motifs is 3. The molecule has 358 valence electrons. The minimum Gasteiger partial charge on any atom is -0.255 e. The van der Waals surface area contributed by atoms with Crippen LogP contribution in [0.3, 0.4) is 0 Å². The van der Waals surface area contributed by atoms with Gasteiger partial charge in [0.25, 0.3) is 0 Å². The third kappa shape index (κ3) is 8.08. The Kier molecular flexibility index (Phi) is 12.3. The summed E-state index contributed by atoms with van der Waals surface area (Å²) in [5, 5.41) is 12.5. The van der Waals surface area contributed by atoms with Crippen LogP contribution in [0.25, 0.3) is 66.8 Å². The Morgan fingerprint density at radius 1 is 0.224 bits per heavy atom. The largest absolute Gasteiger partial charge is 0.255 e. The fourth-order valence-corrected chi connectivity index (χ4v) is 21.3. The molecule has 0 bridgehead atoms. The average molecular weight is 1000 g/mol. The van der Waals surface area contributed by atoms with Crippen LogP contribution in [0, 0.1) is 0 Å². The molecule has 0 radical (unpaired) electrons. The fourth-order valence-electron chi connectivity index (χ4n) is 11.7. The Hall–Kier alpha value is -9.47. The van der Waals surface area contributed by atoms with E-state index in [1.54, 1.807) is 0 Å². The van der Waals surface area contributed by atoms with Crippen molar-refractivity contribution in [3.8, 4) is 45.0 Å². The number of pyridine rings is 4. The molecule has 4 nitrogen and oxygen atoms in total. The molecule has 0 aliphatic heterocycles. The zero-order chi connectivity index (χ0) is 50.7. The van der Waals surface area contributed by atoms with E-state index >= 15 is 0 Å². The lowest BCUT2D eigenvalue weighted by Gasteiger charge is -2.34. The van der Waals surface area contributed by atoms with Crippen LogP contribution in [0.15, 0.2) is 304 Å². The molecule has 6 heteroatoms. The van der Waals surface area contributed by atoms with Crippen LogP contribution in [0.1, 0.15) is 0 Å². The Morgan fingerprint density at radius 2 is 0.513 bits per heavy atom. The molecule has 0 atom stereocenters. The minimum atomic E-state index is -2.87. The number of nitrogens with zero attached hydrogens (tertiary/aromatic N) is 4. The summed E-state index contributed by atoms with van der Waals surface area (Å²) in [6.07, 6.45) is 3.69. The van der Waals surface area contributed by atoms with Crippen molar-refractivity contribution < 1.29 is 0 Å². The van der Waals surface area contributed by atoms with Gasteiger partial charge in [-0.2, -0.15) is 0 Å². The van der Waals surface area contributed by atoms with E-state index in [2.05, 4.69) is 255 Å². The monoisotopic (exact) mass is 1000 g/mol. The summed E-state index contributed by atoms with van der Waals surface area (Å²) in [5.41, 5.74) is 9.04. The van der Waals surface area contributed by atoms with Crippen LogP contribution in [-0.2, 0) is 0 Å². The number of aromatic nitrogens is 4. The van der Waals surface area contributed by atoms with Gasteiger partial charge in [-0.3, -0.25) is 9.97 Å². The first-order valence-corrected chi connectivity index (χ1v) is 29.9. The summed E-state index contributed by atoms with van der Waals surface area (Å²) in [6.45, 7) is 0. The molecule has 13 aromatic rings. The second-order valence-electron chi connectivity index (χ2n) is 19.3. The van der Waals surface area contributed by atoms with Gasteiger partial charge in [-0.05, 0) is 100 Å². The number of hydrogen-bond acceptors (Lipinski definition) is 4. The van der Waals surface area contributed by atoms with Crippen molar-refractivity contribution in [1.29, 1.82) is 0 Å². The van der Waals surface area contributed by atoms with E-state index < -0.39 is 16.1 Å². The number of hydrogen-bond donors (Lipinski definition) is 0. The van der Waals surface area contributed by atoms with Gasteiger partial charge in [0.2, 0.25) is 0 Å². The molecule has 0 unspecified atom stereocenters. The molecule has 4 aromatic heterocycles. The van der Waals surface area contributed by atoms with Crippen molar-refractivity contribution in [2.45, 2.75) is 0 Å². The van der Waals surface area contributed by atoms with Gasteiger partial charge in [0.05, 0.1) is 33.8 Å². The lowest BCUT2D eigenvalue weighted by Crippen LogP contribution is -2.74. The molecule has 0 saturated heterocycles. The highest BCUT2D eigenvalue weighted by Gasteiger charge is 2.43. The zero-order valence-corrected chi connectivity index (χ0v) is 43.7. The van der Waals surface area contributed by atoms with Crippen molar-refractivity contribution in [3.05, 3.63) is 304 Å². The molecular weight excluding hydrogens is 953 g/mol. The summed E-state index contributed by atoms with van der Waals surface area (Å²) in [6, 6.07) is 106. The lowest BCUT2D eigenvalue weighted by molar-refractivity contribution is 1.26. The predicted octanol–water partition coefficient (Wildman–Crippen LogP) is 11.0. The van der Waals surface area contributed by atoms with Gasteiger partial charge in [0.15, 0.2) is 16.1 Å². The van der Waals surface area contributed by atoms with Gasteiger partial charge in [-0.25, -0.2) is 9.97 Å². The van der Waals surface area contributed by atoms with Crippen LogP contribution in [-0.4, -0.2) is 36.1 Å². The molecule has 76 heavy (non-hydrogen) atoms. The molecule has 0 saturated carbocycles. The zero-order valence-electron chi connectivity index (χ0n) is 41.7. The third-order valence-corrected chi connectivity index (χ3v) is 24.6. The van der Waals surface area contributed by atoms with Crippen molar-refractivity contribution in [3.63, 3.8) is 0 Å². The molecular formula is C70H50N4Si2. The summed E-state index contributed by atoms with van der Waals surface area (Å²) in [4.78, 5) is 21.0.